The SMILES string of the molecule is Cc1ccc(SCCC(=O)NCC(N2CCNCC2)C(F)(F)F)cc1.Cl. The highest BCUT2D eigenvalue weighted by atomic mass is 35.5. The van der Waals surface area contributed by atoms with Crippen molar-refractivity contribution in [2.75, 3.05) is 38.5 Å². The monoisotopic (exact) mass is 411 g/mol. The second kappa shape index (κ2) is 11.0. The molecule has 0 bridgehead atoms. The summed E-state index contributed by atoms with van der Waals surface area (Å²) < 4.78 is 39.7. The van der Waals surface area contributed by atoms with Crippen LogP contribution in [-0.4, -0.2) is 61.5 Å². The first-order valence-corrected chi connectivity index (χ1v) is 9.32. The van der Waals surface area contributed by atoms with Crippen LogP contribution in [0.5, 0.6) is 0 Å². The molecule has 1 amide bonds. The maximum absolute atomic E-state index is 13.2. The zero-order chi connectivity index (χ0) is 18.3. The first-order valence-electron chi connectivity index (χ1n) is 8.34. The molecule has 9 heteroatoms. The molecule has 1 fully saturated rings. The highest BCUT2D eigenvalue weighted by molar-refractivity contribution is 7.99. The van der Waals surface area contributed by atoms with Gasteiger partial charge in [0.25, 0.3) is 0 Å². The lowest BCUT2D eigenvalue weighted by Crippen LogP contribution is -2.57. The summed E-state index contributed by atoms with van der Waals surface area (Å²) in [6.07, 6.45) is -4.15. The Kier molecular flexibility index (Phi) is 9.78. The number of thioether (sulfide) groups is 1. The Morgan fingerprint density at radius 3 is 2.46 bits per heavy atom. The van der Waals surface area contributed by atoms with E-state index in [1.807, 2.05) is 31.2 Å². The summed E-state index contributed by atoms with van der Waals surface area (Å²) >= 11 is 1.52. The Hall–Kier alpha value is -0.960. The number of nitrogens with one attached hydrogen (secondary N) is 2. The van der Waals surface area contributed by atoms with Crippen LogP contribution in [0.3, 0.4) is 0 Å². The number of aryl methyl sites for hydroxylation is 1. The molecular formula is C17H25ClF3N3OS. The fourth-order valence-electron chi connectivity index (χ4n) is 2.64. The van der Waals surface area contributed by atoms with Gasteiger partial charge in [-0.3, -0.25) is 9.69 Å². The van der Waals surface area contributed by atoms with E-state index in [0.717, 1.165) is 10.5 Å². The van der Waals surface area contributed by atoms with Crippen LogP contribution in [0.2, 0.25) is 0 Å². The van der Waals surface area contributed by atoms with Gasteiger partial charge < -0.3 is 10.6 Å². The first kappa shape index (κ1) is 23.1. The number of hydrogen-bond donors (Lipinski definition) is 2. The second-order valence-corrected chi connectivity index (χ2v) is 7.23. The molecule has 1 aromatic carbocycles. The van der Waals surface area contributed by atoms with Crippen molar-refractivity contribution in [1.82, 2.24) is 15.5 Å². The third kappa shape index (κ3) is 7.73. The third-order valence-corrected chi connectivity index (χ3v) is 5.10. The van der Waals surface area contributed by atoms with E-state index in [0.29, 0.717) is 31.9 Å². The molecule has 1 aliphatic heterocycles. The standard InChI is InChI=1S/C17H24F3N3OS.ClH/c1-13-2-4-14(5-3-13)25-11-6-16(24)22-12-15(17(18,19)20)23-9-7-21-8-10-23;/h2-5,15,21H,6-12H2,1H3,(H,22,24);1H. The fraction of sp³-hybridized carbons (Fsp3) is 0.588. The molecule has 4 nitrogen and oxygen atoms in total. The fourth-order valence-corrected chi connectivity index (χ4v) is 3.49. The largest absolute Gasteiger partial charge is 0.405 e. The first-order chi connectivity index (χ1) is 11.9. The molecule has 1 saturated heterocycles. The minimum Gasteiger partial charge on any atom is -0.354 e. The Balaban J connectivity index is 0.00000338. The molecule has 1 atom stereocenters. The highest BCUT2D eigenvalue weighted by Gasteiger charge is 2.43. The van der Waals surface area contributed by atoms with Gasteiger partial charge in [0.05, 0.1) is 0 Å². The van der Waals surface area contributed by atoms with Crippen LogP contribution < -0.4 is 10.6 Å². The van der Waals surface area contributed by atoms with Crippen molar-refractivity contribution in [3.05, 3.63) is 29.8 Å². The van der Waals surface area contributed by atoms with Crippen molar-refractivity contribution < 1.29 is 18.0 Å². The Bertz CT molecular complexity index is 551. The number of halogens is 4. The van der Waals surface area contributed by atoms with Gasteiger partial charge in [-0.1, -0.05) is 17.7 Å². The Morgan fingerprint density at radius 1 is 1.27 bits per heavy atom. The number of alkyl halides is 3. The van der Waals surface area contributed by atoms with Crippen LogP contribution in [0.1, 0.15) is 12.0 Å². The van der Waals surface area contributed by atoms with Crippen LogP contribution >= 0.6 is 24.2 Å². The van der Waals surface area contributed by atoms with Gasteiger partial charge >= 0.3 is 6.18 Å². The Morgan fingerprint density at radius 2 is 1.88 bits per heavy atom. The molecule has 1 unspecified atom stereocenters. The van der Waals surface area contributed by atoms with E-state index in [9.17, 15) is 18.0 Å². The molecule has 1 aromatic rings. The molecule has 0 aliphatic carbocycles. The van der Waals surface area contributed by atoms with Gasteiger partial charge in [-0.25, -0.2) is 0 Å². The van der Waals surface area contributed by atoms with Gasteiger partial charge in [-0.05, 0) is 19.1 Å². The number of carbonyl (C=O) groups excluding carboxylic acids is 1. The summed E-state index contributed by atoms with van der Waals surface area (Å²) in [5, 5.41) is 5.48. The zero-order valence-electron chi connectivity index (χ0n) is 14.6. The van der Waals surface area contributed by atoms with E-state index in [1.165, 1.54) is 16.7 Å². The number of benzene rings is 1. The number of rotatable bonds is 7. The predicted octanol–water partition coefficient (Wildman–Crippen LogP) is 2.85. The number of amides is 1. The Labute approximate surface area is 162 Å². The van der Waals surface area contributed by atoms with E-state index in [2.05, 4.69) is 10.6 Å². The van der Waals surface area contributed by atoms with Crippen molar-refractivity contribution in [3.63, 3.8) is 0 Å². The van der Waals surface area contributed by atoms with Gasteiger partial charge in [0.15, 0.2) is 0 Å². The van der Waals surface area contributed by atoms with Gasteiger partial charge in [-0.2, -0.15) is 13.2 Å². The van der Waals surface area contributed by atoms with Crippen molar-refractivity contribution in [3.8, 4) is 0 Å². The number of nitrogens with zero attached hydrogens (tertiary/aromatic N) is 1. The minimum atomic E-state index is -4.35. The number of hydrogen-bond acceptors (Lipinski definition) is 4. The van der Waals surface area contributed by atoms with E-state index in [4.69, 9.17) is 0 Å². The summed E-state index contributed by atoms with van der Waals surface area (Å²) in [7, 11) is 0. The number of carbonyl (C=O) groups is 1. The minimum absolute atomic E-state index is 0. The van der Waals surface area contributed by atoms with Crippen LogP contribution in [0.4, 0.5) is 13.2 Å². The smallest absolute Gasteiger partial charge is 0.354 e. The van der Waals surface area contributed by atoms with Crippen LogP contribution in [0, 0.1) is 6.92 Å². The van der Waals surface area contributed by atoms with E-state index >= 15 is 0 Å². The van der Waals surface area contributed by atoms with Gasteiger partial charge in [0, 0.05) is 49.8 Å². The van der Waals surface area contributed by atoms with Gasteiger partial charge in [-0.15, -0.1) is 24.2 Å². The molecule has 148 valence electrons. The van der Waals surface area contributed by atoms with Crippen LogP contribution in [0.25, 0.3) is 0 Å². The average molecular weight is 412 g/mol. The molecule has 0 radical (unpaired) electrons. The summed E-state index contributed by atoms with van der Waals surface area (Å²) in [5.41, 5.74) is 1.16. The van der Waals surface area contributed by atoms with Crippen LogP contribution in [0.15, 0.2) is 29.2 Å². The van der Waals surface area contributed by atoms with E-state index in [1.54, 1.807) is 0 Å². The molecule has 1 heterocycles. The molecular weight excluding hydrogens is 387 g/mol. The molecule has 0 saturated carbocycles. The average Bonchev–Trinajstić information content (AvgIpc) is 2.56. The summed E-state index contributed by atoms with van der Waals surface area (Å²) in [6.45, 7) is 3.35. The summed E-state index contributed by atoms with van der Waals surface area (Å²) in [5.74, 6) is 0.197. The van der Waals surface area contributed by atoms with Gasteiger partial charge in [0.2, 0.25) is 5.91 Å². The topological polar surface area (TPSA) is 44.4 Å². The molecule has 0 aromatic heterocycles. The maximum Gasteiger partial charge on any atom is 0.405 e. The molecule has 2 rings (SSSR count). The van der Waals surface area contributed by atoms with Crippen molar-refractivity contribution >= 4 is 30.1 Å². The van der Waals surface area contributed by atoms with Crippen molar-refractivity contribution in [1.29, 1.82) is 0 Å². The second-order valence-electron chi connectivity index (χ2n) is 6.06. The quantitative estimate of drug-likeness (QED) is 0.677. The van der Waals surface area contributed by atoms with E-state index < -0.39 is 18.8 Å². The summed E-state index contributed by atoms with van der Waals surface area (Å²) in [6, 6.07) is 6.31. The third-order valence-electron chi connectivity index (χ3n) is 4.08. The molecule has 1 aliphatic rings. The lowest BCUT2D eigenvalue weighted by Gasteiger charge is -2.35. The molecule has 2 N–H and O–H groups in total. The van der Waals surface area contributed by atoms with Gasteiger partial charge in [0.1, 0.15) is 6.04 Å². The lowest BCUT2D eigenvalue weighted by atomic mass is 10.2. The summed E-state index contributed by atoms with van der Waals surface area (Å²) in [4.78, 5) is 14.3. The maximum atomic E-state index is 13.2. The molecule has 0 spiro atoms. The van der Waals surface area contributed by atoms with Crippen molar-refractivity contribution in [2.45, 2.75) is 30.5 Å². The predicted molar refractivity (Wildman–Crippen MR) is 101 cm³/mol. The number of piperazine rings is 1. The molecule has 26 heavy (non-hydrogen) atoms. The van der Waals surface area contributed by atoms with Crippen LogP contribution in [-0.2, 0) is 4.79 Å². The lowest BCUT2D eigenvalue weighted by molar-refractivity contribution is -0.184. The zero-order valence-corrected chi connectivity index (χ0v) is 16.3. The van der Waals surface area contributed by atoms with Crippen molar-refractivity contribution in [2.24, 2.45) is 0 Å². The normalized spacial score (nSPS) is 16.6. The highest BCUT2D eigenvalue weighted by Crippen LogP contribution is 2.25. The van der Waals surface area contributed by atoms with E-state index in [-0.39, 0.29) is 24.7 Å².